The normalized spacial score (nSPS) is 15.0. The minimum atomic E-state index is -2.48. The Labute approximate surface area is 68.0 Å². The summed E-state index contributed by atoms with van der Waals surface area (Å²) in [7, 11) is 0. The summed E-state index contributed by atoms with van der Waals surface area (Å²) in [6.45, 7) is 5.02. The second-order valence-electron chi connectivity index (χ2n) is 3.34. The van der Waals surface area contributed by atoms with Crippen molar-refractivity contribution in [2.24, 2.45) is 5.92 Å². The van der Waals surface area contributed by atoms with E-state index in [1.807, 2.05) is 13.8 Å². The van der Waals surface area contributed by atoms with Crippen molar-refractivity contribution in [1.82, 2.24) is 0 Å². The zero-order valence-corrected chi connectivity index (χ0v) is 7.66. The SMILES string of the molecule is CCCC(CC)CC(C)(F)F. The van der Waals surface area contributed by atoms with Crippen LogP contribution in [0.4, 0.5) is 8.78 Å². The van der Waals surface area contributed by atoms with E-state index in [-0.39, 0.29) is 12.3 Å². The maximum Gasteiger partial charge on any atom is 0.245 e. The van der Waals surface area contributed by atoms with E-state index in [9.17, 15) is 8.78 Å². The lowest BCUT2D eigenvalue weighted by Gasteiger charge is -2.18. The van der Waals surface area contributed by atoms with Gasteiger partial charge in [-0.3, -0.25) is 0 Å². The van der Waals surface area contributed by atoms with Crippen molar-refractivity contribution in [2.45, 2.75) is 52.4 Å². The van der Waals surface area contributed by atoms with Crippen molar-refractivity contribution in [1.29, 1.82) is 0 Å². The predicted octanol–water partition coefficient (Wildman–Crippen LogP) is 3.86. The molecule has 68 valence electrons. The Bertz CT molecular complexity index is 94.2. The van der Waals surface area contributed by atoms with E-state index in [4.69, 9.17) is 0 Å². The summed E-state index contributed by atoms with van der Waals surface area (Å²) >= 11 is 0. The zero-order valence-electron chi connectivity index (χ0n) is 7.66. The van der Waals surface area contributed by atoms with Crippen LogP contribution in [0.3, 0.4) is 0 Å². The van der Waals surface area contributed by atoms with E-state index < -0.39 is 5.92 Å². The average Bonchev–Trinajstić information content (AvgIpc) is 1.84. The molecule has 0 amide bonds. The van der Waals surface area contributed by atoms with Gasteiger partial charge in [0.15, 0.2) is 0 Å². The summed E-state index contributed by atoms with van der Waals surface area (Å²) in [6, 6.07) is 0. The maximum absolute atomic E-state index is 12.5. The monoisotopic (exact) mass is 164 g/mol. The van der Waals surface area contributed by atoms with Crippen molar-refractivity contribution in [3.8, 4) is 0 Å². The average molecular weight is 164 g/mol. The van der Waals surface area contributed by atoms with Crippen LogP contribution in [-0.4, -0.2) is 5.92 Å². The summed E-state index contributed by atoms with van der Waals surface area (Å²) in [5.41, 5.74) is 0. The molecule has 0 nitrogen and oxygen atoms in total. The molecule has 0 bridgehead atoms. The summed E-state index contributed by atoms with van der Waals surface area (Å²) in [5.74, 6) is -2.27. The lowest BCUT2D eigenvalue weighted by molar-refractivity contribution is -0.00530. The number of halogens is 2. The molecule has 0 aliphatic heterocycles. The summed E-state index contributed by atoms with van der Waals surface area (Å²) in [4.78, 5) is 0. The minimum absolute atomic E-state index is 0.0529. The molecule has 0 fully saturated rings. The van der Waals surface area contributed by atoms with Crippen LogP contribution in [0.25, 0.3) is 0 Å². The number of hydrogen-bond donors (Lipinski definition) is 0. The number of alkyl halides is 2. The van der Waals surface area contributed by atoms with Crippen LogP contribution in [0.5, 0.6) is 0 Å². The van der Waals surface area contributed by atoms with Gasteiger partial charge in [0.25, 0.3) is 0 Å². The van der Waals surface area contributed by atoms with E-state index in [0.717, 1.165) is 26.2 Å². The van der Waals surface area contributed by atoms with Gasteiger partial charge in [-0.15, -0.1) is 0 Å². The van der Waals surface area contributed by atoms with E-state index in [1.54, 1.807) is 0 Å². The van der Waals surface area contributed by atoms with Gasteiger partial charge in [0.1, 0.15) is 0 Å². The highest BCUT2D eigenvalue weighted by Crippen LogP contribution is 2.27. The fourth-order valence-electron chi connectivity index (χ4n) is 1.37. The second kappa shape index (κ2) is 4.68. The molecule has 0 spiro atoms. The molecule has 0 saturated carbocycles. The van der Waals surface area contributed by atoms with Gasteiger partial charge in [0.05, 0.1) is 0 Å². The summed E-state index contributed by atoms with van der Waals surface area (Å²) in [5, 5.41) is 0. The van der Waals surface area contributed by atoms with Crippen molar-refractivity contribution in [3.05, 3.63) is 0 Å². The molecule has 1 unspecified atom stereocenters. The van der Waals surface area contributed by atoms with Crippen LogP contribution in [-0.2, 0) is 0 Å². The lowest BCUT2D eigenvalue weighted by Crippen LogP contribution is -2.15. The van der Waals surface area contributed by atoms with Crippen LogP contribution in [0.2, 0.25) is 0 Å². The highest BCUT2D eigenvalue weighted by atomic mass is 19.3. The molecule has 2 heteroatoms. The first kappa shape index (κ1) is 10.9. The highest BCUT2D eigenvalue weighted by molar-refractivity contribution is 4.66. The Kier molecular flexibility index (Phi) is 4.62. The Hall–Kier alpha value is -0.140. The Balaban J connectivity index is 3.68. The second-order valence-corrected chi connectivity index (χ2v) is 3.34. The largest absolute Gasteiger partial charge is 0.245 e. The van der Waals surface area contributed by atoms with E-state index >= 15 is 0 Å². The predicted molar refractivity (Wildman–Crippen MR) is 43.9 cm³/mol. The Morgan fingerprint density at radius 3 is 2.09 bits per heavy atom. The highest BCUT2D eigenvalue weighted by Gasteiger charge is 2.24. The van der Waals surface area contributed by atoms with Gasteiger partial charge in [0.2, 0.25) is 5.92 Å². The van der Waals surface area contributed by atoms with Crippen LogP contribution in [0.1, 0.15) is 46.5 Å². The summed E-state index contributed by atoms with van der Waals surface area (Å²) in [6.07, 6.45) is 2.86. The third-order valence-corrected chi connectivity index (χ3v) is 1.92. The van der Waals surface area contributed by atoms with E-state index in [0.29, 0.717) is 0 Å². The van der Waals surface area contributed by atoms with Gasteiger partial charge < -0.3 is 0 Å². The molecule has 0 heterocycles. The Morgan fingerprint density at radius 2 is 1.82 bits per heavy atom. The zero-order chi connectivity index (χ0) is 8.91. The molecule has 1 atom stereocenters. The van der Waals surface area contributed by atoms with Gasteiger partial charge in [-0.1, -0.05) is 33.1 Å². The van der Waals surface area contributed by atoms with Gasteiger partial charge >= 0.3 is 0 Å². The van der Waals surface area contributed by atoms with Gasteiger partial charge in [-0.2, -0.15) is 0 Å². The van der Waals surface area contributed by atoms with Crippen molar-refractivity contribution < 1.29 is 8.78 Å². The van der Waals surface area contributed by atoms with Crippen LogP contribution >= 0.6 is 0 Å². The molecule has 0 N–H and O–H groups in total. The first-order valence-corrected chi connectivity index (χ1v) is 4.37. The van der Waals surface area contributed by atoms with Crippen LogP contribution in [0.15, 0.2) is 0 Å². The molecule has 0 radical (unpaired) electrons. The van der Waals surface area contributed by atoms with Gasteiger partial charge in [-0.05, 0) is 12.8 Å². The van der Waals surface area contributed by atoms with Crippen molar-refractivity contribution >= 4 is 0 Å². The van der Waals surface area contributed by atoms with Crippen molar-refractivity contribution in [3.63, 3.8) is 0 Å². The first-order chi connectivity index (χ1) is 4.99. The standard InChI is InChI=1S/C9H18F2/c1-4-6-8(5-2)7-9(3,10)11/h8H,4-7H2,1-3H3. The van der Waals surface area contributed by atoms with E-state index in [1.165, 1.54) is 0 Å². The lowest BCUT2D eigenvalue weighted by atomic mass is 9.94. The summed E-state index contributed by atoms with van der Waals surface area (Å²) < 4.78 is 25.0. The first-order valence-electron chi connectivity index (χ1n) is 4.37. The topological polar surface area (TPSA) is 0 Å². The molecular formula is C9H18F2. The number of rotatable bonds is 5. The molecule has 0 aliphatic rings. The molecule has 0 rings (SSSR count). The molecule has 0 aliphatic carbocycles. The third-order valence-electron chi connectivity index (χ3n) is 1.92. The molecule has 0 aromatic rings. The van der Waals surface area contributed by atoms with Crippen molar-refractivity contribution in [2.75, 3.05) is 0 Å². The van der Waals surface area contributed by atoms with Gasteiger partial charge in [-0.25, -0.2) is 8.78 Å². The third kappa shape index (κ3) is 6.27. The molecule has 0 aromatic heterocycles. The molecule has 0 aromatic carbocycles. The fourth-order valence-corrected chi connectivity index (χ4v) is 1.37. The molecule has 0 saturated heterocycles. The quantitative estimate of drug-likeness (QED) is 0.578. The number of hydrogen-bond acceptors (Lipinski definition) is 0. The van der Waals surface area contributed by atoms with Gasteiger partial charge in [0, 0.05) is 6.42 Å². The minimum Gasteiger partial charge on any atom is -0.207 e. The smallest absolute Gasteiger partial charge is 0.207 e. The Morgan fingerprint density at radius 1 is 1.27 bits per heavy atom. The molecular weight excluding hydrogens is 146 g/mol. The maximum atomic E-state index is 12.5. The van der Waals surface area contributed by atoms with Crippen LogP contribution < -0.4 is 0 Å². The molecule has 11 heavy (non-hydrogen) atoms. The fraction of sp³-hybridized carbons (Fsp3) is 1.00. The van der Waals surface area contributed by atoms with E-state index in [2.05, 4.69) is 0 Å². The van der Waals surface area contributed by atoms with Crippen LogP contribution in [0, 0.1) is 5.92 Å².